The Balaban J connectivity index is 2.06. The normalized spacial score (nSPS) is 11.4. The highest BCUT2D eigenvalue weighted by atomic mass is 32.2. The monoisotopic (exact) mass is 311 g/mol. The molecule has 0 unspecified atom stereocenters. The molecule has 1 heterocycles. The third kappa shape index (κ3) is 3.78. The number of anilines is 1. The number of hydrogen-bond donors (Lipinski definition) is 2. The van der Waals surface area contributed by atoms with Gasteiger partial charge in [-0.2, -0.15) is 0 Å². The van der Waals surface area contributed by atoms with E-state index in [0.29, 0.717) is 25.2 Å². The van der Waals surface area contributed by atoms with Gasteiger partial charge >= 0.3 is 0 Å². The summed E-state index contributed by atoms with van der Waals surface area (Å²) in [7, 11) is -3.50. The second-order valence-electron chi connectivity index (χ2n) is 4.15. The molecule has 20 heavy (non-hydrogen) atoms. The SMILES string of the molecule is CCNc1ccccc1S(=O)(=O)NCCc1cscn1. The molecule has 0 radical (unpaired) electrons. The number of benzene rings is 1. The van der Waals surface area contributed by atoms with Crippen molar-refractivity contribution in [2.75, 3.05) is 18.4 Å². The smallest absolute Gasteiger partial charge is 0.242 e. The molecule has 0 amide bonds. The Labute approximate surface area is 123 Å². The lowest BCUT2D eigenvalue weighted by molar-refractivity contribution is 0.581. The van der Waals surface area contributed by atoms with Gasteiger partial charge in [0.25, 0.3) is 0 Å². The van der Waals surface area contributed by atoms with Crippen LogP contribution in [0.5, 0.6) is 0 Å². The summed E-state index contributed by atoms with van der Waals surface area (Å²) in [6.07, 6.45) is 0.589. The zero-order chi connectivity index (χ0) is 14.4. The minimum Gasteiger partial charge on any atom is -0.384 e. The van der Waals surface area contributed by atoms with Crippen LogP contribution >= 0.6 is 11.3 Å². The molecule has 0 aliphatic rings. The van der Waals surface area contributed by atoms with Crippen molar-refractivity contribution in [3.05, 3.63) is 40.8 Å². The third-order valence-corrected chi connectivity index (χ3v) is 4.85. The number of hydrogen-bond acceptors (Lipinski definition) is 5. The van der Waals surface area contributed by atoms with Gasteiger partial charge in [-0.1, -0.05) is 12.1 Å². The Hall–Kier alpha value is -1.44. The second-order valence-corrected chi connectivity index (χ2v) is 6.61. The van der Waals surface area contributed by atoms with Crippen LogP contribution in [0.4, 0.5) is 5.69 Å². The molecule has 5 nitrogen and oxygen atoms in total. The van der Waals surface area contributed by atoms with E-state index in [-0.39, 0.29) is 4.90 Å². The van der Waals surface area contributed by atoms with Crippen LogP contribution in [-0.2, 0) is 16.4 Å². The highest BCUT2D eigenvalue weighted by Crippen LogP contribution is 2.20. The van der Waals surface area contributed by atoms with Gasteiger partial charge in [-0.25, -0.2) is 18.1 Å². The van der Waals surface area contributed by atoms with Gasteiger partial charge in [0.15, 0.2) is 0 Å². The van der Waals surface area contributed by atoms with E-state index in [1.807, 2.05) is 18.4 Å². The van der Waals surface area contributed by atoms with Crippen molar-refractivity contribution in [1.82, 2.24) is 9.71 Å². The van der Waals surface area contributed by atoms with E-state index in [0.717, 1.165) is 5.69 Å². The van der Waals surface area contributed by atoms with Gasteiger partial charge in [-0.15, -0.1) is 11.3 Å². The highest BCUT2D eigenvalue weighted by molar-refractivity contribution is 7.89. The fraction of sp³-hybridized carbons (Fsp3) is 0.308. The number of rotatable bonds is 7. The Morgan fingerprint density at radius 1 is 1.30 bits per heavy atom. The van der Waals surface area contributed by atoms with Crippen molar-refractivity contribution in [3.8, 4) is 0 Å². The zero-order valence-corrected chi connectivity index (χ0v) is 12.8. The Morgan fingerprint density at radius 3 is 2.80 bits per heavy atom. The van der Waals surface area contributed by atoms with Crippen LogP contribution in [0.15, 0.2) is 40.1 Å². The van der Waals surface area contributed by atoms with E-state index in [1.165, 1.54) is 11.3 Å². The van der Waals surface area contributed by atoms with Crippen LogP contribution in [0.2, 0.25) is 0 Å². The molecular formula is C13H17N3O2S2. The van der Waals surface area contributed by atoms with Crippen LogP contribution in [0.3, 0.4) is 0 Å². The number of nitrogens with one attached hydrogen (secondary N) is 2. The molecule has 0 spiro atoms. The van der Waals surface area contributed by atoms with Crippen molar-refractivity contribution < 1.29 is 8.42 Å². The van der Waals surface area contributed by atoms with E-state index in [1.54, 1.807) is 23.7 Å². The van der Waals surface area contributed by atoms with Crippen molar-refractivity contribution in [2.24, 2.45) is 0 Å². The van der Waals surface area contributed by atoms with E-state index < -0.39 is 10.0 Å². The molecule has 0 saturated carbocycles. The Morgan fingerprint density at radius 2 is 2.10 bits per heavy atom. The van der Waals surface area contributed by atoms with Crippen molar-refractivity contribution in [1.29, 1.82) is 0 Å². The molecule has 108 valence electrons. The number of aromatic nitrogens is 1. The maximum atomic E-state index is 12.3. The summed E-state index contributed by atoms with van der Waals surface area (Å²) >= 11 is 1.50. The third-order valence-electron chi connectivity index (χ3n) is 2.70. The van der Waals surface area contributed by atoms with E-state index in [4.69, 9.17) is 0 Å². The van der Waals surface area contributed by atoms with E-state index >= 15 is 0 Å². The van der Waals surface area contributed by atoms with Gasteiger partial charge < -0.3 is 5.32 Å². The number of thiazole rings is 1. The molecular weight excluding hydrogens is 294 g/mol. The van der Waals surface area contributed by atoms with Crippen molar-refractivity contribution in [2.45, 2.75) is 18.2 Å². The fourth-order valence-corrected chi connectivity index (χ4v) is 3.60. The maximum Gasteiger partial charge on any atom is 0.242 e. The molecule has 0 fully saturated rings. The molecule has 2 N–H and O–H groups in total. The fourth-order valence-electron chi connectivity index (χ4n) is 1.79. The standard InChI is InChI=1S/C13H17N3O2S2/c1-2-14-12-5-3-4-6-13(12)20(17,18)16-8-7-11-9-19-10-15-11/h3-6,9-10,14,16H,2,7-8H2,1H3. The van der Waals surface area contributed by atoms with Crippen LogP contribution in [0.25, 0.3) is 0 Å². The first-order chi connectivity index (χ1) is 9.63. The van der Waals surface area contributed by atoms with Crippen LogP contribution in [0.1, 0.15) is 12.6 Å². The molecule has 7 heteroatoms. The molecule has 0 aliphatic heterocycles. The lowest BCUT2D eigenvalue weighted by Crippen LogP contribution is -2.26. The van der Waals surface area contributed by atoms with Gasteiger partial charge in [0.1, 0.15) is 4.90 Å². The summed E-state index contributed by atoms with van der Waals surface area (Å²) in [5.41, 5.74) is 3.26. The Bertz CT molecular complexity index is 639. The predicted octanol–water partition coefficient (Wildman–Crippen LogP) is 2.10. The summed E-state index contributed by atoms with van der Waals surface area (Å²) in [5, 5.41) is 4.97. The number of para-hydroxylation sites is 1. The largest absolute Gasteiger partial charge is 0.384 e. The molecule has 2 aromatic rings. The zero-order valence-electron chi connectivity index (χ0n) is 11.2. The molecule has 1 aromatic carbocycles. The summed E-state index contributed by atoms with van der Waals surface area (Å²) in [4.78, 5) is 4.40. The minimum absolute atomic E-state index is 0.278. The molecule has 0 bridgehead atoms. The highest BCUT2D eigenvalue weighted by Gasteiger charge is 2.17. The average Bonchev–Trinajstić information content (AvgIpc) is 2.92. The van der Waals surface area contributed by atoms with E-state index in [9.17, 15) is 8.42 Å². The first-order valence-electron chi connectivity index (χ1n) is 6.33. The summed E-state index contributed by atoms with van der Waals surface area (Å²) in [6, 6.07) is 6.89. The number of sulfonamides is 1. The topological polar surface area (TPSA) is 71.1 Å². The predicted molar refractivity (Wildman–Crippen MR) is 81.6 cm³/mol. The number of nitrogens with zero attached hydrogens (tertiary/aromatic N) is 1. The lowest BCUT2D eigenvalue weighted by Gasteiger charge is -2.11. The minimum atomic E-state index is -3.50. The van der Waals surface area contributed by atoms with Crippen LogP contribution in [-0.4, -0.2) is 26.5 Å². The van der Waals surface area contributed by atoms with Gasteiger partial charge in [0.2, 0.25) is 10.0 Å². The van der Waals surface area contributed by atoms with Crippen LogP contribution < -0.4 is 10.0 Å². The van der Waals surface area contributed by atoms with Crippen LogP contribution in [0, 0.1) is 0 Å². The maximum absolute atomic E-state index is 12.3. The van der Waals surface area contributed by atoms with Gasteiger partial charge in [-0.3, -0.25) is 0 Å². The quantitative estimate of drug-likeness (QED) is 0.821. The summed E-state index contributed by atoms with van der Waals surface area (Å²) < 4.78 is 27.2. The molecule has 0 saturated heterocycles. The average molecular weight is 311 g/mol. The van der Waals surface area contributed by atoms with E-state index in [2.05, 4.69) is 15.0 Å². The lowest BCUT2D eigenvalue weighted by atomic mass is 10.3. The Kier molecular flexibility index (Phi) is 5.11. The van der Waals surface area contributed by atoms with Crippen molar-refractivity contribution in [3.63, 3.8) is 0 Å². The second kappa shape index (κ2) is 6.83. The van der Waals surface area contributed by atoms with Gasteiger partial charge in [-0.05, 0) is 19.1 Å². The molecule has 0 atom stereocenters. The van der Waals surface area contributed by atoms with Crippen molar-refractivity contribution >= 4 is 27.0 Å². The first-order valence-corrected chi connectivity index (χ1v) is 8.75. The molecule has 0 aliphatic carbocycles. The first kappa shape index (κ1) is 15.0. The summed E-state index contributed by atoms with van der Waals surface area (Å²) in [6.45, 7) is 2.94. The van der Waals surface area contributed by atoms with Gasteiger partial charge in [0.05, 0.1) is 16.9 Å². The molecule has 1 aromatic heterocycles. The summed E-state index contributed by atoms with van der Waals surface area (Å²) in [5.74, 6) is 0. The van der Waals surface area contributed by atoms with Gasteiger partial charge in [0, 0.05) is 24.9 Å². The molecule has 2 rings (SSSR count).